The van der Waals surface area contributed by atoms with Crippen molar-refractivity contribution in [2.45, 2.75) is 6.92 Å². The van der Waals surface area contributed by atoms with Crippen molar-refractivity contribution in [1.82, 2.24) is 5.43 Å². The van der Waals surface area contributed by atoms with Crippen LogP contribution >= 0.6 is 11.3 Å². The van der Waals surface area contributed by atoms with E-state index in [4.69, 9.17) is 4.84 Å². The van der Waals surface area contributed by atoms with E-state index in [-0.39, 0.29) is 12.5 Å². The molecule has 0 saturated heterocycles. The maximum atomic E-state index is 11.8. The molecular formula is C21H20N4O2S. The molecule has 0 spiro atoms. The molecule has 2 N–H and O–H groups in total. The molecule has 6 nitrogen and oxygen atoms in total. The van der Waals surface area contributed by atoms with Crippen molar-refractivity contribution in [3.8, 4) is 0 Å². The van der Waals surface area contributed by atoms with Gasteiger partial charge in [-0.05, 0) is 48.2 Å². The fourth-order valence-electron chi connectivity index (χ4n) is 2.31. The summed E-state index contributed by atoms with van der Waals surface area (Å²) in [6, 6.07) is 21.5. The lowest BCUT2D eigenvalue weighted by Crippen LogP contribution is -2.22. The molecule has 3 rings (SSSR count). The number of rotatable bonds is 8. The summed E-state index contributed by atoms with van der Waals surface area (Å²) in [5, 5.41) is 13.2. The molecule has 0 radical (unpaired) electrons. The van der Waals surface area contributed by atoms with Crippen LogP contribution in [0.15, 0.2) is 82.4 Å². The number of thiophene rings is 1. The number of hydrogen-bond donors (Lipinski definition) is 2. The van der Waals surface area contributed by atoms with Gasteiger partial charge in [-0.15, -0.1) is 11.3 Å². The van der Waals surface area contributed by atoms with Crippen LogP contribution in [0.3, 0.4) is 0 Å². The summed E-state index contributed by atoms with van der Waals surface area (Å²) in [4.78, 5) is 17.9. The second-order valence-electron chi connectivity index (χ2n) is 5.84. The number of para-hydroxylation sites is 1. The summed E-state index contributed by atoms with van der Waals surface area (Å²) < 4.78 is 0. The molecule has 0 fully saturated rings. The molecule has 0 saturated carbocycles. The Labute approximate surface area is 167 Å². The number of amides is 1. The van der Waals surface area contributed by atoms with Gasteiger partial charge in [0.2, 0.25) is 0 Å². The molecule has 1 heterocycles. The van der Waals surface area contributed by atoms with Gasteiger partial charge < -0.3 is 10.2 Å². The first-order valence-corrected chi connectivity index (χ1v) is 9.53. The van der Waals surface area contributed by atoms with Crippen LogP contribution in [-0.4, -0.2) is 24.4 Å². The SMILES string of the molecule is CC(=NOCC(=O)NN=Cc1cccc(Nc2ccccc2)c1)c1cccs1. The van der Waals surface area contributed by atoms with E-state index in [1.54, 1.807) is 17.6 Å². The molecule has 1 aromatic heterocycles. The molecule has 0 atom stereocenters. The number of anilines is 2. The van der Waals surface area contributed by atoms with Crippen molar-refractivity contribution in [3.05, 3.63) is 82.6 Å². The smallest absolute Gasteiger partial charge is 0.280 e. The van der Waals surface area contributed by atoms with E-state index in [0.717, 1.165) is 27.5 Å². The number of carbonyl (C=O) groups excluding carboxylic acids is 1. The Morgan fingerprint density at radius 1 is 1.07 bits per heavy atom. The highest BCUT2D eigenvalue weighted by Crippen LogP contribution is 2.16. The number of nitrogens with one attached hydrogen (secondary N) is 2. The molecule has 7 heteroatoms. The molecule has 0 aliphatic rings. The Morgan fingerprint density at radius 3 is 2.68 bits per heavy atom. The van der Waals surface area contributed by atoms with Gasteiger partial charge in [0, 0.05) is 11.4 Å². The van der Waals surface area contributed by atoms with Crippen LogP contribution in [0.1, 0.15) is 17.4 Å². The predicted molar refractivity (Wildman–Crippen MR) is 114 cm³/mol. The Hall–Kier alpha value is -3.45. The third-order valence-electron chi connectivity index (χ3n) is 3.63. The molecule has 0 aliphatic heterocycles. The fourth-order valence-corrected chi connectivity index (χ4v) is 2.98. The largest absolute Gasteiger partial charge is 0.385 e. The van der Waals surface area contributed by atoms with Gasteiger partial charge in [0.1, 0.15) is 0 Å². The Bertz CT molecular complexity index is 954. The Morgan fingerprint density at radius 2 is 1.89 bits per heavy atom. The van der Waals surface area contributed by atoms with Crippen molar-refractivity contribution in [1.29, 1.82) is 0 Å². The Kier molecular flexibility index (Phi) is 6.92. The minimum atomic E-state index is -0.377. The van der Waals surface area contributed by atoms with Crippen LogP contribution in [0.5, 0.6) is 0 Å². The number of carbonyl (C=O) groups is 1. The van der Waals surface area contributed by atoms with Gasteiger partial charge in [0.15, 0.2) is 6.61 Å². The lowest BCUT2D eigenvalue weighted by atomic mass is 10.2. The maximum absolute atomic E-state index is 11.8. The van der Waals surface area contributed by atoms with Crippen LogP contribution in [0.2, 0.25) is 0 Å². The minimum absolute atomic E-state index is 0.199. The molecule has 1 amide bonds. The molecule has 3 aromatic rings. The van der Waals surface area contributed by atoms with Crippen molar-refractivity contribution in [2.75, 3.05) is 11.9 Å². The van der Waals surface area contributed by atoms with E-state index in [1.165, 1.54) is 0 Å². The van der Waals surface area contributed by atoms with Crippen molar-refractivity contribution in [3.63, 3.8) is 0 Å². The molecule has 0 bridgehead atoms. The van der Waals surface area contributed by atoms with Crippen molar-refractivity contribution < 1.29 is 9.63 Å². The van der Waals surface area contributed by atoms with Gasteiger partial charge in [0.05, 0.1) is 16.8 Å². The molecular weight excluding hydrogens is 372 g/mol. The van der Waals surface area contributed by atoms with Crippen molar-refractivity contribution >= 4 is 40.5 Å². The number of benzene rings is 2. The quantitative estimate of drug-likeness (QED) is 0.441. The Balaban J connectivity index is 1.47. The summed E-state index contributed by atoms with van der Waals surface area (Å²) in [7, 11) is 0. The second kappa shape index (κ2) is 10.0. The number of hydrogen-bond acceptors (Lipinski definition) is 6. The summed E-state index contributed by atoms with van der Waals surface area (Å²) in [6.45, 7) is 1.63. The van der Waals surface area contributed by atoms with Crippen LogP contribution in [0, 0.1) is 0 Å². The average molecular weight is 392 g/mol. The third-order valence-corrected chi connectivity index (χ3v) is 4.61. The van der Waals surface area contributed by atoms with Crippen LogP contribution in [0.4, 0.5) is 11.4 Å². The zero-order chi connectivity index (χ0) is 19.6. The van der Waals surface area contributed by atoms with E-state index in [0.29, 0.717) is 0 Å². The summed E-state index contributed by atoms with van der Waals surface area (Å²) in [5.74, 6) is -0.377. The molecule has 0 aliphatic carbocycles. The van der Waals surface area contributed by atoms with Crippen LogP contribution in [-0.2, 0) is 9.63 Å². The highest BCUT2D eigenvalue weighted by Gasteiger charge is 2.02. The minimum Gasteiger partial charge on any atom is -0.385 e. The first-order chi connectivity index (χ1) is 13.7. The first kappa shape index (κ1) is 19.3. The standard InChI is InChI=1S/C21H20N4O2S/c1-16(20-11-6-12-28-20)25-27-15-21(26)24-22-14-17-7-5-10-19(13-17)23-18-8-3-2-4-9-18/h2-14,23H,15H2,1H3,(H,24,26). The third kappa shape index (κ3) is 6.07. The second-order valence-corrected chi connectivity index (χ2v) is 6.78. The molecule has 0 unspecified atom stereocenters. The number of nitrogens with zero attached hydrogens (tertiary/aromatic N) is 2. The molecule has 2 aromatic carbocycles. The van der Waals surface area contributed by atoms with Gasteiger partial charge >= 0.3 is 0 Å². The fraction of sp³-hybridized carbons (Fsp3) is 0.0952. The summed E-state index contributed by atoms with van der Waals surface area (Å²) in [6.07, 6.45) is 1.58. The van der Waals surface area contributed by atoms with Gasteiger partial charge in [-0.3, -0.25) is 4.79 Å². The average Bonchev–Trinajstić information content (AvgIpc) is 3.24. The summed E-state index contributed by atoms with van der Waals surface area (Å²) in [5.41, 5.74) is 5.95. The van der Waals surface area contributed by atoms with E-state index in [1.807, 2.05) is 79.0 Å². The number of hydrazone groups is 1. The van der Waals surface area contributed by atoms with E-state index in [9.17, 15) is 4.79 Å². The lowest BCUT2D eigenvalue weighted by molar-refractivity contribution is -0.125. The number of oxime groups is 1. The molecule has 28 heavy (non-hydrogen) atoms. The normalized spacial score (nSPS) is 11.4. The lowest BCUT2D eigenvalue weighted by Gasteiger charge is -2.06. The van der Waals surface area contributed by atoms with E-state index in [2.05, 4.69) is 21.0 Å². The van der Waals surface area contributed by atoms with Gasteiger partial charge in [-0.1, -0.05) is 41.6 Å². The van der Waals surface area contributed by atoms with Gasteiger partial charge in [-0.2, -0.15) is 5.10 Å². The zero-order valence-corrected chi connectivity index (χ0v) is 16.1. The van der Waals surface area contributed by atoms with Crippen LogP contribution in [0.25, 0.3) is 0 Å². The highest BCUT2D eigenvalue weighted by molar-refractivity contribution is 7.12. The van der Waals surface area contributed by atoms with E-state index >= 15 is 0 Å². The topological polar surface area (TPSA) is 75.1 Å². The van der Waals surface area contributed by atoms with Crippen LogP contribution < -0.4 is 10.7 Å². The molecule has 142 valence electrons. The van der Waals surface area contributed by atoms with Gasteiger partial charge in [-0.25, -0.2) is 5.43 Å². The first-order valence-electron chi connectivity index (χ1n) is 8.65. The van der Waals surface area contributed by atoms with Gasteiger partial charge in [0.25, 0.3) is 5.91 Å². The van der Waals surface area contributed by atoms with Crippen molar-refractivity contribution in [2.24, 2.45) is 10.3 Å². The maximum Gasteiger partial charge on any atom is 0.280 e. The zero-order valence-electron chi connectivity index (χ0n) is 15.3. The monoisotopic (exact) mass is 392 g/mol. The highest BCUT2D eigenvalue weighted by atomic mass is 32.1. The summed E-state index contributed by atoms with van der Waals surface area (Å²) >= 11 is 1.56. The van der Waals surface area contributed by atoms with E-state index < -0.39 is 0 Å². The predicted octanol–water partition coefficient (Wildman–Crippen LogP) is 4.38.